The zero-order chi connectivity index (χ0) is 18.5. The molecule has 2 heterocycles. The van der Waals surface area contributed by atoms with Gasteiger partial charge in [0.05, 0.1) is 6.20 Å². The number of hydrogen-bond acceptors (Lipinski definition) is 4. The fourth-order valence-electron chi connectivity index (χ4n) is 2.57. The van der Waals surface area contributed by atoms with Gasteiger partial charge in [-0.3, -0.25) is 9.48 Å². The highest BCUT2D eigenvalue weighted by Crippen LogP contribution is 2.21. The molecule has 0 amide bonds. The molecule has 3 aromatic rings. The fourth-order valence-corrected chi connectivity index (χ4v) is 2.57. The number of pyridine rings is 1. The van der Waals surface area contributed by atoms with E-state index < -0.39 is 11.4 Å². The molecular weight excluding hydrogens is 334 g/mol. The normalized spacial score (nSPS) is 11.9. The molecule has 0 aliphatic rings. The number of aromatic carboxylic acids is 1. The molecular formula is C19H19N3O4. The molecule has 1 atom stereocenters. The largest absolute Gasteiger partial charge is 0.477 e. The summed E-state index contributed by atoms with van der Waals surface area (Å²) in [4.78, 5) is 23.9. The van der Waals surface area contributed by atoms with Crippen LogP contribution in [0.4, 0.5) is 0 Å². The highest BCUT2D eigenvalue weighted by Gasteiger charge is 2.17. The van der Waals surface area contributed by atoms with Crippen LogP contribution in [-0.2, 0) is 6.54 Å². The maximum absolute atomic E-state index is 12.4. The van der Waals surface area contributed by atoms with Crippen molar-refractivity contribution in [1.82, 2.24) is 14.3 Å². The van der Waals surface area contributed by atoms with Crippen LogP contribution >= 0.6 is 0 Å². The van der Waals surface area contributed by atoms with Crippen LogP contribution < -0.4 is 10.2 Å². The highest BCUT2D eigenvalue weighted by atomic mass is 16.5. The monoisotopic (exact) mass is 353 g/mol. The summed E-state index contributed by atoms with van der Waals surface area (Å²) < 4.78 is 9.13. The van der Waals surface area contributed by atoms with Crippen LogP contribution in [0.25, 0.3) is 0 Å². The Labute approximate surface area is 150 Å². The van der Waals surface area contributed by atoms with Gasteiger partial charge in [0.25, 0.3) is 0 Å². The second-order valence-corrected chi connectivity index (χ2v) is 5.94. The fraction of sp³-hybridized carbons (Fsp3) is 0.211. The number of carbonyl (C=O) groups is 1. The van der Waals surface area contributed by atoms with E-state index in [1.807, 2.05) is 25.3 Å². The van der Waals surface area contributed by atoms with Gasteiger partial charge in [-0.05, 0) is 31.5 Å². The topological polar surface area (TPSA) is 86.4 Å². The molecule has 0 fully saturated rings. The summed E-state index contributed by atoms with van der Waals surface area (Å²) in [5.74, 6) is -0.813. The Morgan fingerprint density at radius 2 is 2.00 bits per heavy atom. The van der Waals surface area contributed by atoms with E-state index in [-0.39, 0.29) is 17.4 Å². The summed E-state index contributed by atoms with van der Waals surface area (Å²) in [6.07, 6.45) is 7.20. The van der Waals surface area contributed by atoms with E-state index in [0.29, 0.717) is 18.7 Å². The summed E-state index contributed by atoms with van der Waals surface area (Å²) in [7, 11) is 0. The number of carboxylic acids is 1. The first-order valence-electron chi connectivity index (χ1n) is 8.24. The quantitative estimate of drug-likeness (QED) is 0.705. The van der Waals surface area contributed by atoms with Gasteiger partial charge in [-0.25, -0.2) is 4.79 Å². The van der Waals surface area contributed by atoms with Crippen molar-refractivity contribution >= 4 is 5.97 Å². The Hall–Kier alpha value is -3.35. The maximum atomic E-state index is 12.4. The van der Waals surface area contributed by atoms with Crippen molar-refractivity contribution in [1.29, 1.82) is 0 Å². The van der Waals surface area contributed by atoms with E-state index in [0.717, 1.165) is 0 Å². The molecule has 0 unspecified atom stereocenters. The molecule has 0 spiro atoms. The van der Waals surface area contributed by atoms with Crippen LogP contribution in [0.15, 0.2) is 66.0 Å². The number of aromatic nitrogens is 3. The number of ether oxygens (including phenoxy) is 1. The summed E-state index contributed by atoms with van der Waals surface area (Å²) >= 11 is 0. The van der Waals surface area contributed by atoms with Gasteiger partial charge in [0.15, 0.2) is 5.75 Å². The lowest BCUT2D eigenvalue weighted by molar-refractivity contribution is 0.0693. The van der Waals surface area contributed by atoms with E-state index in [4.69, 9.17) is 4.74 Å². The lowest BCUT2D eigenvalue weighted by atomic mass is 10.2. The van der Waals surface area contributed by atoms with Gasteiger partial charge in [0, 0.05) is 31.2 Å². The third kappa shape index (κ3) is 4.00. The van der Waals surface area contributed by atoms with Crippen molar-refractivity contribution in [2.24, 2.45) is 0 Å². The number of aryl methyl sites for hydroxylation is 1. The molecule has 1 aromatic carbocycles. The third-order valence-corrected chi connectivity index (χ3v) is 4.06. The van der Waals surface area contributed by atoms with Gasteiger partial charge in [0.2, 0.25) is 5.43 Å². The summed E-state index contributed by atoms with van der Waals surface area (Å²) in [5, 5.41) is 13.5. The minimum Gasteiger partial charge on any atom is -0.477 e. The summed E-state index contributed by atoms with van der Waals surface area (Å²) in [6, 6.07) is 10.6. The van der Waals surface area contributed by atoms with Crippen molar-refractivity contribution in [2.75, 3.05) is 0 Å². The Balaban J connectivity index is 1.89. The average molecular weight is 353 g/mol. The molecule has 0 saturated heterocycles. The lowest BCUT2D eigenvalue weighted by Gasteiger charge is -2.18. The standard InChI is InChI=1S/C19H19N3O4/c1-14(8-11-22-10-5-9-20-22)21-12-16(19(24)25)18(23)17(13-21)26-15-6-3-2-4-7-15/h2-7,9-10,12-14H,8,11H2,1H3,(H,24,25)/t14-/m1/s1. The first kappa shape index (κ1) is 17.5. The molecule has 134 valence electrons. The molecule has 0 aliphatic heterocycles. The van der Waals surface area contributed by atoms with Gasteiger partial charge in [0.1, 0.15) is 11.3 Å². The molecule has 3 rings (SSSR count). The predicted octanol–water partition coefficient (Wildman–Crippen LogP) is 3.19. The molecule has 0 aliphatic carbocycles. The van der Waals surface area contributed by atoms with Gasteiger partial charge >= 0.3 is 5.97 Å². The van der Waals surface area contributed by atoms with Crippen LogP contribution in [0.1, 0.15) is 29.7 Å². The van der Waals surface area contributed by atoms with Gasteiger partial charge in [-0.1, -0.05) is 18.2 Å². The van der Waals surface area contributed by atoms with Crippen molar-refractivity contribution in [2.45, 2.75) is 25.9 Å². The zero-order valence-corrected chi connectivity index (χ0v) is 14.3. The minimum atomic E-state index is -1.28. The summed E-state index contributed by atoms with van der Waals surface area (Å²) in [5.41, 5.74) is -0.957. The molecule has 26 heavy (non-hydrogen) atoms. The predicted molar refractivity (Wildman–Crippen MR) is 95.7 cm³/mol. The van der Waals surface area contributed by atoms with E-state index in [2.05, 4.69) is 5.10 Å². The smallest absolute Gasteiger partial charge is 0.341 e. The average Bonchev–Trinajstić information content (AvgIpc) is 3.15. The number of rotatable bonds is 7. The van der Waals surface area contributed by atoms with Gasteiger partial charge < -0.3 is 14.4 Å². The van der Waals surface area contributed by atoms with E-state index in [9.17, 15) is 14.7 Å². The minimum absolute atomic E-state index is 0.0120. The van der Waals surface area contributed by atoms with Crippen LogP contribution in [0.3, 0.4) is 0 Å². The number of nitrogens with zero attached hydrogens (tertiary/aromatic N) is 3. The number of carboxylic acid groups (broad SMARTS) is 1. The van der Waals surface area contributed by atoms with Crippen molar-refractivity contribution in [3.05, 3.63) is 77.0 Å². The molecule has 7 heteroatoms. The van der Waals surface area contributed by atoms with Crippen LogP contribution in [0.2, 0.25) is 0 Å². The Bertz CT molecular complexity index is 933. The SMILES string of the molecule is C[C@H](CCn1cccn1)n1cc(Oc2ccccc2)c(=O)c(C(=O)O)c1. The molecule has 7 nitrogen and oxygen atoms in total. The molecule has 1 N–H and O–H groups in total. The third-order valence-electron chi connectivity index (χ3n) is 4.06. The summed E-state index contributed by atoms with van der Waals surface area (Å²) in [6.45, 7) is 2.63. The number of para-hydroxylation sites is 1. The highest BCUT2D eigenvalue weighted by molar-refractivity contribution is 5.87. The first-order valence-corrected chi connectivity index (χ1v) is 8.24. The van der Waals surface area contributed by atoms with Gasteiger partial charge in [-0.2, -0.15) is 5.10 Å². The van der Waals surface area contributed by atoms with E-state index >= 15 is 0 Å². The Morgan fingerprint density at radius 3 is 2.65 bits per heavy atom. The van der Waals surface area contributed by atoms with Crippen LogP contribution in [0, 0.1) is 0 Å². The van der Waals surface area contributed by atoms with Gasteiger partial charge in [-0.15, -0.1) is 0 Å². The second kappa shape index (κ2) is 7.69. The van der Waals surface area contributed by atoms with Crippen molar-refractivity contribution in [3.63, 3.8) is 0 Å². The molecule has 0 saturated carbocycles. The number of hydrogen-bond donors (Lipinski definition) is 1. The molecule has 0 radical (unpaired) electrons. The van der Waals surface area contributed by atoms with Crippen LogP contribution in [0.5, 0.6) is 11.5 Å². The van der Waals surface area contributed by atoms with Crippen LogP contribution in [-0.4, -0.2) is 25.4 Å². The molecule has 0 bridgehead atoms. The maximum Gasteiger partial charge on any atom is 0.341 e. The second-order valence-electron chi connectivity index (χ2n) is 5.94. The Morgan fingerprint density at radius 1 is 1.23 bits per heavy atom. The number of benzene rings is 1. The first-order chi connectivity index (χ1) is 12.5. The lowest BCUT2D eigenvalue weighted by Crippen LogP contribution is -2.21. The van der Waals surface area contributed by atoms with Crippen molar-refractivity contribution < 1.29 is 14.6 Å². The van der Waals surface area contributed by atoms with E-state index in [1.165, 1.54) is 6.20 Å². The zero-order valence-electron chi connectivity index (χ0n) is 14.3. The molecule has 2 aromatic heterocycles. The Kier molecular flexibility index (Phi) is 5.17. The van der Waals surface area contributed by atoms with Crippen molar-refractivity contribution in [3.8, 4) is 11.5 Å². The van der Waals surface area contributed by atoms with E-state index in [1.54, 1.807) is 45.9 Å².